The van der Waals surface area contributed by atoms with Gasteiger partial charge in [0, 0.05) is 24.7 Å². The first-order valence-corrected chi connectivity index (χ1v) is 15.1. The number of fused-ring (bicyclic) bond motifs is 1. The molecule has 0 spiro atoms. The van der Waals surface area contributed by atoms with E-state index in [2.05, 4.69) is 27.5 Å². The van der Waals surface area contributed by atoms with Crippen molar-refractivity contribution in [3.63, 3.8) is 0 Å². The summed E-state index contributed by atoms with van der Waals surface area (Å²) in [6.45, 7) is 5.65. The maximum absolute atomic E-state index is 13.1. The highest BCUT2D eigenvalue weighted by Crippen LogP contribution is 2.41. The van der Waals surface area contributed by atoms with E-state index >= 15 is 0 Å². The smallest absolute Gasteiger partial charge is 0.341 e. The van der Waals surface area contributed by atoms with Gasteiger partial charge in [0.05, 0.1) is 30.6 Å². The van der Waals surface area contributed by atoms with E-state index in [0.717, 1.165) is 56.4 Å². The Hall–Kier alpha value is -2.70. The summed E-state index contributed by atoms with van der Waals surface area (Å²) in [5.41, 5.74) is 2.29. The molecule has 2 atom stereocenters. The van der Waals surface area contributed by atoms with Crippen LogP contribution in [0.5, 0.6) is 0 Å². The van der Waals surface area contributed by atoms with E-state index in [-0.39, 0.29) is 23.7 Å². The first kappa shape index (κ1) is 26.9. The van der Waals surface area contributed by atoms with Crippen molar-refractivity contribution in [2.24, 2.45) is 13.0 Å². The molecule has 10 nitrogen and oxygen atoms in total. The molecule has 1 fully saturated rings. The summed E-state index contributed by atoms with van der Waals surface area (Å²) in [5.74, 6) is 0.842. The van der Waals surface area contributed by atoms with Gasteiger partial charge >= 0.3 is 5.97 Å². The van der Waals surface area contributed by atoms with Crippen LogP contribution in [0.3, 0.4) is 0 Å². The quantitative estimate of drug-likeness (QED) is 0.289. The number of thiophene rings is 1. The number of nitrogens with one attached hydrogen (secondary N) is 1. The topological polar surface area (TPSA) is 113 Å². The second-order valence-electron chi connectivity index (χ2n) is 9.71. The molecule has 1 amide bonds. The largest absolute Gasteiger partial charge is 0.462 e. The van der Waals surface area contributed by atoms with Crippen molar-refractivity contribution < 1.29 is 19.1 Å². The van der Waals surface area contributed by atoms with Crippen molar-refractivity contribution in [2.75, 3.05) is 24.3 Å². The minimum atomic E-state index is -0.362. The van der Waals surface area contributed by atoms with Crippen LogP contribution in [0.4, 0.5) is 5.00 Å². The fraction of sp³-hybridized carbons (Fsp3) is 0.577. The lowest BCUT2D eigenvalue weighted by atomic mass is 9.85. The van der Waals surface area contributed by atoms with Crippen molar-refractivity contribution >= 4 is 40.0 Å². The highest BCUT2D eigenvalue weighted by atomic mass is 32.2. The number of esters is 1. The summed E-state index contributed by atoms with van der Waals surface area (Å²) in [4.78, 5) is 27.1. The van der Waals surface area contributed by atoms with E-state index in [0.29, 0.717) is 40.6 Å². The predicted octanol–water partition coefficient (Wildman–Crippen LogP) is 4.34. The lowest BCUT2D eigenvalue weighted by molar-refractivity contribution is -0.113. The van der Waals surface area contributed by atoms with Crippen molar-refractivity contribution in [3.05, 3.63) is 28.3 Å². The first-order valence-electron chi connectivity index (χ1n) is 13.3. The lowest BCUT2D eigenvalue weighted by Gasteiger charge is -2.20. The molecular formula is C26H34N6O4S2. The summed E-state index contributed by atoms with van der Waals surface area (Å²) in [5, 5.41) is 17.5. The summed E-state index contributed by atoms with van der Waals surface area (Å²) in [6.07, 6.45) is 7.89. The van der Waals surface area contributed by atoms with Gasteiger partial charge in [-0.05, 0) is 56.6 Å². The Labute approximate surface area is 230 Å². The zero-order chi connectivity index (χ0) is 26.6. The van der Waals surface area contributed by atoms with Gasteiger partial charge in [-0.2, -0.15) is 5.10 Å². The third-order valence-corrected chi connectivity index (χ3v) is 9.22. The van der Waals surface area contributed by atoms with Crippen LogP contribution < -0.4 is 5.32 Å². The molecule has 0 saturated carbocycles. The van der Waals surface area contributed by atoms with Gasteiger partial charge in [0.2, 0.25) is 5.91 Å². The first-order chi connectivity index (χ1) is 18.5. The van der Waals surface area contributed by atoms with Crippen LogP contribution in [-0.4, -0.2) is 61.5 Å². The molecule has 4 heterocycles. The van der Waals surface area contributed by atoms with Gasteiger partial charge in [-0.1, -0.05) is 25.1 Å². The van der Waals surface area contributed by atoms with Crippen LogP contribution in [-0.2, 0) is 40.7 Å². The maximum atomic E-state index is 13.1. The Morgan fingerprint density at radius 2 is 2.16 bits per heavy atom. The minimum absolute atomic E-state index is 0.0816. The van der Waals surface area contributed by atoms with Gasteiger partial charge in [0.15, 0.2) is 11.0 Å². The molecule has 0 radical (unpaired) electrons. The van der Waals surface area contributed by atoms with E-state index in [9.17, 15) is 9.59 Å². The second kappa shape index (κ2) is 12.0. The Kier molecular flexibility index (Phi) is 8.49. The SMILES string of the molecule is CCOC(=O)c1c(NC(=O)CSc2nnc(-c3ccn(C)n3)n2C[C@@H]2CCCO2)sc2c1CC[C@H](CC)C2. The molecular weight excluding hydrogens is 524 g/mol. The van der Waals surface area contributed by atoms with Crippen molar-refractivity contribution in [3.8, 4) is 11.5 Å². The van der Waals surface area contributed by atoms with E-state index in [4.69, 9.17) is 9.47 Å². The normalized spacial score (nSPS) is 18.9. The third-order valence-electron chi connectivity index (χ3n) is 7.08. The summed E-state index contributed by atoms with van der Waals surface area (Å²) >= 11 is 2.83. The Morgan fingerprint density at radius 3 is 2.87 bits per heavy atom. The fourth-order valence-corrected chi connectivity index (χ4v) is 7.19. The van der Waals surface area contributed by atoms with Crippen LogP contribution in [0.1, 0.15) is 60.3 Å². The molecule has 38 heavy (non-hydrogen) atoms. The number of ether oxygens (including phenoxy) is 2. The third kappa shape index (κ3) is 5.81. The number of nitrogens with zero attached hydrogens (tertiary/aromatic N) is 5. The molecule has 1 aliphatic heterocycles. The van der Waals surface area contributed by atoms with Gasteiger partial charge < -0.3 is 14.8 Å². The number of amides is 1. The number of rotatable bonds is 10. The van der Waals surface area contributed by atoms with Crippen molar-refractivity contribution in [2.45, 2.75) is 70.2 Å². The van der Waals surface area contributed by atoms with Crippen molar-refractivity contribution in [1.29, 1.82) is 0 Å². The Balaban J connectivity index is 1.32. The molecule has 5 rings (SSSR count). The standard InChI is InChI=1S/C26H34N6O4S2/c1-4-16-8-9-18-20(13-16)38-24(22(18)25(34)35-5-2)27-21(33)15-37-26-29-28-23(19-10-11-31(3)30-19)32(26)14-17-7-6-12-36-17/h10-11,16-17H,4-9,12-15H2,1-3H3,(H,27,33)/t16-,17-/m0/s1. The lowest BCUT2D eigenvalue weighted by Crippen LogP contribution is -2.19. The molecule has 2 aliphatic rings. The number of carbonyl (C=O) groups excluding carboxylic acids is 2. The van der Waals surface area contributed by atoms with Crippen LogP contribution >= 0.6 is 23.1 Å². The van der Waals surface area contributed by atoms with E-state index < -0.39 is 0 Å². The number of carbonyl (C=O) groups is 2. The summed E-state index contributed by atoms with van der Waals surface area (Å²) in [7, 11) is 1.86. The van der Waals surface area contributed by atoms with E-state index in [1.54, 1.807) is 11.6 Å². The zero-order valence-electron chi connectivity index (χ0n) is 22.1. The number of hydrogen-bond donors (Lipinski definition) is 1. The van der Waals surface area contributed by atoms with Crippen LogP contribution in [0.15, 0.2) is 17.4 Å². The second-order valence-corrected chi connectivity index (χ2v) is 11.8. The molecule has 12 heteroatoms. The number of aromatic nitrogens is 5. The van der Waals surface area contributed by atoms with Crippen molar-refractivity contribution in [1.82, 2.24) is 24.5 Å². The molecule has 0 aromatic carbocycles. The maximum Gasteiger partial charge on any atom is 0.341 e. The van der Waals surface area contributed by atoms with Crippen LogP contribution in [0.25, 0.3) is 11.5 Å². The number of hydrogen-bond acceptors (Lipinski definition) is 9. The fourth-order valence-electron chi connectivity index (χ4n) is 5.08. The molecule has 3 aromatic heterocycles. The van der Waals surface area contributed by atoms with Gasteiger partial charge in [-0.25, -0.2) is 4.79 Å². The molecule has 0 bridgehead atoms. The Morgan fingerprint density at radius 1 is 1.29 bits per heavy atom. The van der Waals surface area contributed by atoms with Crippen LogP contribution in [0, 0.1) is 5.92 Å². The molecule has 0 unspecified atom stereocenters. The van der Waals surface area contributed by atoms with Gasteiger partial charge in [-0.15, -0.1) is 21.5 Å². The number of aryl methyl sites for hydroxylation is 1. The summed E-state index contributed by atoms with van der Waals surface area (Å²) in [6, 6.07) is 1.90. The zero-order valence-corrected chi connectivity index (χ0v) is 23.7. The molecule has 3 aromatic rings. The van der Waals surface area contributed by atoms with E-state index in [1.807, 2.05) is 23.9 Å². The number of thioether (sulfide) groups is 1. The average Bonchev–Trinajstić information content (AvgIpc) is 3.70. The van der Waals surface area contributed by atoms with E-state index in [1.165, 1.54) is 28.0 Å². The predicted molar refractivity (Wildman–Crippen MR) is 147 cm³/mol. The molecule has 1 saturated heterocycles. The molecule has 1 N–H and O–H groups in total. The highest BCUT2D eigenvalue weighted by Gasteiger charge is 2.30. The average molecular weight is 559 g/mol. The van der Waals surface area contributed by atoms with Crippen LogP contribution in [0.2, 0.25) is 0 Å². The molecule has 204 valence electrons. The monoisotopic (exact) mass is 558 g/mol. The van der Waals surface area contributed by atoms with Gasteiger partial charge in [0.1, 0.15) is 10.7 Å². The molecule has 1 aliphatic carbocycles. The Bertz CT molecular complexity index is 1290. The van der Waals surface area contributed by atoms with Gasteiger partial charge in [0.25, 0.3) is 0 Å². The summed E-state index contributed by atoms with van der Waals surface area (Å²) < 4.78 is 14.9. The minimum Gasteiger partial charge on any atom is -0.462 e. The number of anilines is 1. The highest BCUT2D eigenvalue weighted by molar-refractivity contribution is 7.99. The van der Waals surface area contributed by atoms with Gasteiger partial charge in [-0.3, -0.25) is 14.0 Å².